The molecule has 1 aliphatic rings. The fourth-order valence-electron chi connectivity index (χ4n) is 1.77. The first-order chi connectivity index (χ1) is 8.50. The Morgan fingerprint density at radius 1 is 1.50 bits per heavy atom. The molecule has 2 heterocycles. The highest BCUT2D eigenvalue weighted by molar-refractivity contribution is 7.89. The number of anilines is 1. The molecule has 1 aromatic rings. The number of hydrogen-bond acceptors (Lipinski definition) is 5. The monoisotopic (exact) mass is 270 g/mol. The Balaban J connectivity index is 2.22. The minimum atomic E-state index is -3.82. The van der Waals surface area contributed by atoms with Gasteiger partial charge in [0.05, 0.1) is 0 Å². The summed E-state index contributed by atoms with van der Waals surface area (Å²) in [4.78, 5) is 15.1. The molecule has 1 atom stereocenters. The summed E-state index contributed by atoms with van der Waals surface area (Å²) in [6.07, 6.45) is 2.62. The van der Waals surface area contributed by atoms with E-state index in [0.717, 1.165) is 6.42 Å². The predicted molar refractivity (Wildman–Crippen MR) is 65.0 cm³/mol. The van der Waals surface area contributed by atoms with Crippen molar-refractivity contribution in [1.82, 2.24) is 15.0 Å². The van der Waals surface area contributed by atoms with Gasteiger partial charge in [0.15, 0.2) is 0 Å². The third-order valence-corrected chi connectivity index (χ3v) is 4.19. The van der Waals surface area contributed by atoms with Crippen molar-refractivity contribution in [2.75, 3.05) is 12.3 Å². The van der Waals surface area contributed by atoms with Crippen LogP contribution in [-0.4, -0.2) is 31.9 Å². The van der Waals surface area contributed by atoms with Gasteiger partial charge in [-0.1, -0.05) is 0 Å². The van der Waals surface area contributed by atoms with Crippen molar-refractivity contribution < 1.29 is 13.2 Å². The van der Waals surface area contributed by atoms with Crippen molar-refractivity contribution in [2.45, 2.75) is 23.8 Å². The molecule has 1 amide bonds. The van der Waals surface area contributed by atoms with Crippen molar-refractivity contribution in [3.8, 4) is 0 Å². The van der Waals surface area contributed by atoms with Crippen molar-refractivity contribution >= 4 is 21.7 Å². The van der Waals surface area contributed by atoms with Crippen molar-refractivity contribution in [3.63, 3.8) is 0 Å². The molecule has 2 rings (SSSR count). The second-order valence-corrected chi connectivity index (χ2v) is 5.68. The van der Waals surface area contributed by atoms with Gasteiger partial charge in [-0.25, -0.2) is 13.4 Å². The molecule has 0 saturated carbocycles. The lowest BCUT2D eigenvalue weighted by molar-refractivity contribution is -0.124. The summed E-state index contributed by atoms with van der Waals surface area (Å²) >= 11 is 0. The number of rotatable bonds is 3. The molecule has 7 nitrogen and oxygen atoms in total. The second kappa shape index (κ2) is 4.91. The lowest BCUT2D eigenvalue weighted by Crippen LogP contribution is -2.50. The van der Waals surface area contributed by atoms with Crippen LogP contribution in [0.15, 0.2) is 23.2 Å². The van der Waals surface area contributed by atoms with E-state index in [1.807, 2.05) is 0 Å². The molecule has 1 fully saturated rings. The van der Waals surface area contributed by atoms with Crippen LogP contribution in [-0.2, 0) is 14.8 Å². The van der Waals surface area contributed by atoms with Crippen LogP contribution in [0.1, 0.15) is 12.8 Å². The van der Waals surface area contributed by atoms with Crippen molar-refractivity contribution in [1.29, 1.82) is 0 Å². The molecule has 0 aliphatic carbocycles. The third kappa shape index (κ3) is 2.59. The number of nitrogens with two attached hydrogens (primary N) is 1. The summed E-state index contributed by atoms with van der Waals surface area (Å²) in [7, 11) is -3.82. The number of nitrogens with zero attached hydrogens (tertiary/aromatic N) is 1. The van der Waals surface area contributed by atoms with E-state index in [9.17, 15) is 13.2 Å². The van der Waals surface area contributed by atoms with Gasteiger partial charge in [-0.3, -0.25) is 4.79 Å². The summed E-state index contributed by atoms with van der Waals surface area (Å²) in [6, 6.07) is 2.08. The predicted octanol–water partition coefficient (Wildman–Crippen LogP) is -0.779. The number of hydrogen-bond donors (Lipinski definition) is 3. The highest BCUT2D eigenvalue weighted by atomic mass is 32.2. The molecule has 4 N–H and O–H groups in total. The Labute approximate surface area is 105 Å². The number of aromatic nitrogens is 1. The first kappa shape index (κ1) is 12.8. The molecule has 0 radical (unpaired) electrons. The molecule has 1 aliphatic heterocycles. The smallest absolute Gasteiger partial charge is 0.244 e. The normalized spacial score (nSPS) is 20.4. The van der Waals surface area contributed by atoms with Gasteiger partial charge < -0.3 is 11.1 Å². The number of pyridine rings is 1. The summed E-state index contributed by atoms with van der Waals surface area (Å²) in [5, 5.41) is 2.61. The molecule has 1 unspecified atom stereocenters. The molecule has 1 aromatic heterocycles. The maximum absolute atomic E-state index is 12.1. The average molecular weight is 270 g/mol. The molecule has 18 heavy (non-hydrogen) atoms. The Morgan fingerprint density at radius 3 is 2.94 bits per heavy atom. The zero-order valence-corrected chi connectivity index (χ0v) is 10.4. The van der Waals surface area contributed by atoms with Gasteiger partial charge >= 0.3 is 0 Å². The number of nitrogen functional groups attached to an aromatic ring is 1. The quantitative estimate of drug-likeness (QED) is 0.666. The highest BCUT2D eigenvalue weighted by Crippen LogP contribution is 2.16. The molecule has 0 spiro atoms. The van der Waals surface area contributed by atoms with Crippen LogP contribution in [0.4, 0.5) is 5.82 Å². The van der Waals surface area contributed by atoms with E-state index in [0.29, 0.717) is 13.0 Å². The molecule has 0 aromatic carbocycles. The Kier molecular flexibility index (Phi) is 3.48. The first-order valence-corrected chi connectivity index (χ1v) is 6.99. The summed E-state index contributed by atoms with van der Waals surface area (Å²) in [5.74, 6) is -0.395. The molecule has 8 heteroatoms. The van der Waals surface area contributed by atoms with Gasteiger partial charge in [0.1, 0.15) is 16.8 Å². The van der Waals surface area contributed by atoms with Crippen LogP contribution in [0.2, 0.25) is 0 Å². The van der Waals surface area contributed by atoms with Crippen LogP contribution >= 0.6 is 0 Å². The lowest BCUT2D eigenvalue weighted by atomic mass is 10.1. The van der Waals surface area contributed by atoms with Gasteiger partial charge in [0.2, 0.25) is 15.9 Å². The maximum atomic E-state index is 12.1. The number of carbonyl (C=O) groups excluding carboxylic acids is 1. The largest absolute Gasteiger partial charge is 0.383 e. The number of nitrogens with one attached hydrogen (secondary N) is 2. The first-order valence-electron chi connectivity index (χ1n) is 5.51. The fourth-order valence-corrected chi connectivity index (χ4v) is 3.08. The average Bonchev–Trinajstić information content (AvgIpc) is 2.32. The third-order valence-electron chi connectivity index (χ3n) is 2.67. The van der Waals surface area contributed by atoms with E-state index in [1.165, 1.54) is 18.3 Å². The van der Waals surface area contributed by atoms with Crippen LogP contribution in [0.3, 0.4) is 0 Å². The number of piperidine rings is 1. The zero-order chi connectivity index (χ0) is 13.2. The second-order valence-electron chi connectivity index (χ2n) is 3.99. The molecule has 98 valence electrons. The van der Waals surface area contributed by atoms with Crippen LogP contribution in [0, 0.1) is 0 Å². The van der Waals surface area contributed by atoms with Gasteiger partial charge in [0.25, 0.3) is 0 Å². The van der Waals surface area contributed by atoms with E-state index in [-0.39, 0.29) is 16.6 Å². The van der Waals surface area contributed by atoms with E-state index in [4.69, 9.17) is 5.73 Å². The van der Waals surface area contributed by atoms with Crippen LogP contribution in [0.5, 0.6) is 0 Å². The summed E-state index contributed by atoms with van der Waals surface area (Å²) in [5.41, 5.74) is 5.52. The standard InChI is InChI=1S/C10H14N4O3S/c11-9-8(4-2-5-12-9)18(16,17)14-7-3-1-6-13-10(7)15/h2,4-5,7,14H,1,3,6H2,(H2,11,12)(H,13,15). The van der Waals surface area contributed by atoms with Crippen LogP contribution in [0.25, 0.3) is 0 Å². The fraction of sp³-hybridized carbons (Fsp3) is 0.400. The summed E-state index contributed by atoms with van der Waals surface area (Å²) < 4.78 is 26.5. The topological polar surface area (TPSA) is 114 Å². The van der Waals surface area contributed by atoms with Gasteiger partial charge in [0, 0.05) is 12.7 Å². The maximum Gasteiger partial charge on any atom is 0.244 e. The number of sulfonamides is 1. The SMILES string of the molecule is Nc1ncccc1S(=O)(=O)NC1CCCNC1=O. The Morgan fingerprint density at radius 2 is 2.28 bits per heavy atom. The van der Waals surface area contributed by atoms with E-state index >= 15 is 0 Å². The van der Waals surface area contributed by atoms with E-state index in [1.54, 1.807) is 0 Å². The van der Waals surface area contributed by atoms with Gasteiger partial charge in [-0.15, -0.1) is 0 Å². The highest BCUT2D eigenvalue weighted by Gasteiger charge is 2.28. The van der Waals surface area contributed by atoms with E-state index < -0.39 is 16.1 Å². The van der Waals surface area contributed by atoms with Crippen LogP contribution < -0.4 is 15.8 Å². The molecule has 1 saturated heterocycles. The van der Waals surface area contributed by atoms with E-state index in [2.05, 4.69) is 15.0 Å². The van der Waals surface area contributed by atoms with Gasteiger partial charge in [-0.05, 0) is 25.0 Å². The Bertz CT molecular complexity index is 558. The van der Waals surface area contributed by atoms with Gasteiger partial charge in [-0.2, -0.15) is 4.72 Å². The zero-order valence-electron chi connectivity index (χ0n) is 9.59. The number of amides is 1. The lowest BCUT2D eigenvalue weighted by Gasteiger charge is -2.22. The van der Waals surface area contributed by atoms with Crippen molar-refractivity contribution in [2.24, 2.45) is 0 Å². The molecular weight excluding hydrogens is 256 g/mol. The number of carbonyl (C=O) groups is 1. The van der Waals surface area contributed by atoms with Crippen molar-refractivity contribution in [3.05, 3.63) is 18.3 Å². The summed E-state index contributed by atoms with van der Waals surface area (Å²) in [6.45, 7) is 0.575. The minimum Gasteiger partial charge on any atom is -0.383 e. The Hall–Kier alpha value is -1.67. The minimum absolute atomic E-state index is 0.0822. The molecular formula is C10H14N4O3S. The molecule has 0 bridgehead atoms.